The Morgan fingerprint density at radius 2 is 2.00 bits per heavy atom. The fourth-order valence-electron chi connectivity index (χ4n) is 1.22. The predicted octanol–water partition coefficient (Wildman–Crippen LogP) is 1.01. The molecule has 1 aliphatic heterocycles. The summed E-state index contributed by atoms with van der Waals surface area (Å²) in [5.74, 6) is 0. The standard InChI is InChI=1S/C10H17N3/c1-9(2)12-8-10(3)13-6-4-11-5-7-13/h8,11H,1,3-7H2,2H3/b12-8-. The zero-order valence-electron chi connectivity index (χ0n) is 8.21. The Kier molecular flexibility index (Phi) is 3.71. The molecule has 1 rings (SSSR count). The van der Waals surface area contributed by atoms with E-state index in [-0.39, 0.29) is 0 Å². The molecule has 0 radical (unpaired) electrons. The summed E-state index contributed by atoms with van der Waals surface area (Å²) in [6.45, 7) is 13.6. The van der Waals surface area contributed by atoms with Crippen LogP contribution in [0.15, 0.2) is 29.5 Å². The second-order valence-corrected chi connectivity index (χ2v) is 3.22. The highest BCUT2D eigenvalue weighted by Gasteiger charge is 2.08. The fraction of sp³-hybridized carbons (Fsp3) is 0.500. The lowest BCUT2D eigenvalue weighted by Crippen LogP contribution is -2.42. The first kappa shape index (κ1) is 9.99. The minimum Gasteiger partial charge on any atom is -0.368 e. The van der Waals surface area contributed by atoms with Gasteiger partial charge in [0.1, 0.15) is 0 Å². The molecule has 0 spiro atoms. The largest absolute Gasteiger partial charge is 0.368 e. The topological polar surface area (TPSA) is 27.6 Å². The summed E-state index contributed by atoms with van der Waals surface area (Å²) < 4.78 is 0. The third-order valence-electron chi connectivity index (χ3n) is 1.96. The average molecular weight is 179 g/mol. The van der Waals surface area contributed by atoms with E-state index in [2.05, 4.69) is 28.4 Å². The molecule has 0 aromatic heterocycles. The molecule has 72 valence electrons. The van der Waals surface area contributed by atoms with E-state index in [1.54, 1.807) is 6.21 Å². The lowest BCUT2D eigenvalue weighted by molar-refractivity contribution is 0.314. The van der Waals surface area contributed by atoms with Crippen molar-refractivity contribution >= 4 is 6.21 Å². The van der Waals surface area contributed by atoms with Crippen LogP contribution in [-0.2, 0) is 0 Å². The minimum absolute atomic E-state index is 0.816. The molecule has 0 amide bonds. The third-order valence-corrected chi connectivity index (χ3v) is 1.96. The molecule has 1 heterocycles. The highest BCUT2D eigenvalue weighted by molar-refractivity contribution is 5.77. The molecule has 1 saturated heterocycles. The minimum atomic E-state index is 0.816. The number of piperazine rings is 1. The van der Waals surface area contributed by atoms with Gasteiger partial charge in [0.05, 0.1) is 0 Å². The van der Waals surface area contributed by atoms with Crippen LogP contribution in [0.25, 0.3) is 0 Å². The van der Waals surface area contributed by atoms with E-state index in [4.69, 9.17) is 0 Å². The lowest BCUT2D eigenvalue weighted by atomic mass is 10.3. The lowest BCUT2D eigenvalue weighted by Gasteiger charge is -2.29. The van der Waals surface area contributed by atoms with Crippen molar-refractivity contribution in [3.63, 3.8) is 0 Å². The van der Waals surface area contributed by atoms with Gasteiger partial charge in [-0.25, -0.2) is 0 Å². The number of rotatable bonds is 3. The van der Waals surface area contributed by atoms with Gasteiger partial charge in [-0.1, -0.05) is 13.2 Å². The SMILES string of the molecule is C=C(C)/N=C\C(=C)N1CCNCC1. The van der Waals surface area contributed by atoms with Crippen LogP contribution in [-0.4, -0.2) is 37.3 Å². The second kappa shape index (κ2) is 4.82. The fourth-order valence-corrected chi connectivity index (χ4v) is 1.22. The Bertz CT molecular complexity index is 224. The summed E-state index contributed by atoms with van der Waals surface area (Å²) in [7, 11) is 0. The smallest absolute Gasteiger partial charge is 0.0498 e. The summed E-state index contributed by atoms with van der Waals surface area (Å²) in [5.41, 5.74) is 1.79. The van der Waals surface area contributed by atoms with Crippen LogP contribution >= 0.6 is 0 Å². The van der Waals surface area contributed by atoms with Gasteiger partial charge in [0, 0.05) is 43.8 Å². The molecule has 1 fully saturated rings. The number of nitrogens with one attached hydrogen (secondary N) is 1. The molecule has 3 heteroatoms. The molecule has 3 nitrogen and oxygen atoms in total. The normalized spacial score (nSPS) is 17.8. The molecule has 0 aromatic rings. The Balaban J connectivity index is 2.41. The number of allylic oxidation sites excluding steroid dienone is 2. The van der Waals surface area contributed by atoms with Crippen LogP contribution in [0, 0.1) is 0 Å². The number of hydrogen-bond acceptors (Lipinski definition) is 3. The Hall–Kier alpha value is -1.09. The summed E-state index contributed by atoms with van der Waals surface area (Å²) in [5, 5.41) is 3.29. The number of aliphatic imine (C=N–C) groups is 1. The molecule has 0 unspecified atom stereocenters. The van der Waals surface area contributed by atoms with Crippen molar-refractivity contribution in [2.75, 3.05) is 26.2 Å². The van der Waals surface area contributed by atoms with Crippen LogP contribution in [0.5, 0.6) is 0 Å². The van der Waals surface area contributed by atoms with Crippen molar-refractivity contribution in [1.29, 1.82) is 0 Å². The molecular weight excluding hydrogens is 162 g/mol. The number of hydrogen-bond donors (Lipinski definition) is 1. The van der Waals surface area contributed by atoms with E-state index < -0.39 is 0 Å². The maximum atomic E-state index is 4.12. The second-order valence-electron chi connectivity index (χ2n) is 3.22. The Labute approximate surface area is 79.8 Å². The van der Waals surface area contributed by atoms with Gasteiger partial charge in [-0.05, 0) is 6.92 Å². The first-order valence-electron chi connectivity index (χ1n) is 4.54. The van der Waals surface area contributed by atoms with E-state index in [1.165, 1.54) is 0 Å². The molecule has 0 atom stereocenters. The molecule has 0 aromatic carbocycles. The highest BCUT2D eigenvalue weighted by Crippen LogP contribution is 2.01. The predicted molar refractivity (Wildman–Crippen MR) is 56.9 cm³/mol. The average Bonchev–Trinajstić information content (AvgIpc) is 2.15. The van der Waals surface area contributed by atoms with Crippen LogP contribution in [0.4, 0.5) is 0 Å². The first-order chi connectivity index (χ1) is 6.20. The Morgan fingerprint density at radius 1 is 1.38 bits per heavy atom. The zero-order chi connectivity index (χ0) is 9.68. The van der Waals surface area contributed by atoms with Gasteiger partial charge in [-0.15, -0.1) is 0 Å². The first-order valence-corrected chi connectivity index (χ1v) is 4.54. The van der Waals surface area contributed by atoms with Gasteiger partial charge >= 0.3 is 0 Å². The van der Waals surface area contributed by atoms with E-state index in [1.807, 2.05) is 6.92 Å². The monoisotopic (exact) mass is 179 g/mol. The Morgan fingerprint density at radius 3 is 2.54 bits per heavy atom. The maximum Gasteiger partial charge on any atom is 0.0498 e. The van der Waals surface area contributed by atoms with E-state index in [0.717, 1.165) is 37.6 Å². The quantitative estimate of drug-likeness (QED) is 0.655. The molecular formula is C10H17N3. The molecule has 0 saturated carbocycles. The van der Waals surface area contributed by atoms with Gasteiger partial charge in [0.15, 0.2) is 0 Å². The van der Waals surface area contributed by atoms with E-state index in [9.17, 15) is 0 Å². The molecule has 0 aliphatic carbocycles. The third kappa shape index (κ3) is 3.42. The zero-order valence-corrected chi connectivity index (χ0v) is 8.21. The summed E-state index contributed by atoms with van der Waals surface area (Å²) in [6.07, 6.45) is 1.79. The van der Waals surface area contributed by atoms with Crippen molar-refractivity contribution in [3.8, 4) is 0 Å². The van der Waals surface area contributed by atoms with E-state index in [0.29, 0.717) is 0 Å². The number of nitrogens with zero attached hydrogens (tertiary/aromatic N) is 2. The van der Waals surface area contributed by atoms with E-state index >= 15 is 0 Å². The van der Waals surface area contributed by atoms with Crippen LogP contribution in [0.1, 0.15) is 6.92 Å². The summed E-state index contributed by atoms with van der Waals surface area (Å²) in [4.78, 5) is 6.34. The van der Waals surface area contributed by atoms with Crippen LogP contribution in [0.2, 0.25) is 0 Å². The van der Waals surface area contributed by atoms with Crippen molar-refractivity contribution in [3.05, 3.63) is 24.6 Å². The van der Waals surface area contributed by atoms with Gasteiger partial charge in [-0.2, -0.15) is 0 Å². The molecule has 0 bridgehead atoms. The van der Waals surface area contributed by atoms with Gasteiger partial charge in [-0.3, -0.25) is 4.99 Å². The van der Waals surface area contributed by atoms with Crippen molar-refractivity contribution in [2.24, 2.45) is 4.99 Å². The van der Waals surface area contributed by atoms with Gasteiger partial charge in [0.2, 0.25) is 0 Å². The summed E-state index contributed by atoms with van der Waals surface area (Å²) in [6, 6.07) is 0. The maximum absolute atomic E-state index is 4.12. The van der Waals surface area contributed by atoms with Crippen LogP contribution in [0.3, 0.4) is 0 Å². The van der Waals surface area contributed by atoms with Crippen molar-refractivity contribution in [2.45, 2.75) is 6.92 Å². The van der Waals surface area contributed by atoms with Gasteiger partial charge in [0.25, 0.3) is 0 Å². The van der Waals surface area contributed by atoms with Crippen LogP contribution < -0.4 is 5.32 Å². The molecule has 1 N–H and O–H groups in total. The summed E-state index contributed by atoms with van der Waals surface area (Å²) >= 11 is 0. The van der Waals surface area contributed by atoms with Gasteiger partial charge < -0.3 is 10.2 Å². The molecule has 13 heavy (non-hydrogen) atoms. The molecule has 1 aliphatic rings. The highest BCUT2D eigenvalue weighted by atomic mass is 15.2. The van der Waals surface area contributed by atoms with Crippen molar-refractivity contribution in [1.82, 2.24) is 10.2 Å². The van der Waals surface area contributed by atoms with Crippen molar-refractivity contribution < 1.29 is 0 Å².